The van der Waals surface area contributed by atoms with E-state index in [1.165, 1.54) is 0 Å². The van der Waals surface area contributed by atoms with Crippen molar-refractivity contribution in [3.05, 3.63) is 36.0 Å². The molecule has 22 heavy (non-hydrogen) atoms. The van der Waals surface area contributed by atoms with Crippen molar-refractivity contribution in [2.45, 2.75) is 19.3 Å². The van der Waals surface area contributed by atoms with E-state index in [1.807, 2.05) is 35.4 Å². The molecular weight excluding hydrogens is 280 g/mol. The maximum atomic E-state index is 12.6. The summed E-state index contributed by atoms with van der Waals surface area (Å²) in [6.07, 6.45) is 4.26. The van der Waals surface area contributed by atoms with E-state index in [1.54, 1.807) is 0 Å². The summed E-state index contributed by atoms with van der Waals surface area (Å²) in [6, 6.07) is 7.65. The number of rotatable bonds is 2. The molecular formula is C17H18N2O3. The van der Waals surface area contributed by atoms with Crippen molar-refractivity contribution in [2.75, 3.05) is 13.1 Å². The number of aliphatic carboxylic acids is 1. The largest absolute Gasteiger partial charge is 0.481 e. The standard InChI is InChI=1S/C17H18N2O3/c20-15(12-1-2-14-11(9-12)3-6-18-14)19-7-4-17(5-8-19)10-13(17)16(21)22/h1-3,6,9,13,18H,4-5,7-8,10H2,(H,21,22). The SMILES string of the molecule is O=C(O)C1CC12CCN(C(=O)c1ccc3[nH]ccc3c1)CC2. The lowest BCUT2D eigenvalue weighted by Crippen LogP contribution is -2.40. The molecule has 5 heteroatoms. The molecule has 1 aromatic heterocycles. The van der Waals surface area contributed by atoms with Crippen molar-refractivity contribution in [1.82, 2.24) is 9.88 Å². The number of amides is 1. The molecule has 1 aliphatic carbocycles. The number of carboxylic acid groups (broad SMARTS) is 1. The molecule has 5 nitrogen and oxygen atoms in total. The molecule has 4 rings (SSSR count). The third kappa shape index (κ3) is 2.00. The highest BCUT2D eigenvalue weighted by Crippen LogP contribution is 2.59. The minimum absolute atomic E-state index is 0.0345. The average Bonchev–Trinajstić information content (AvgIpc) is 3.03. The fraction of sp³-hybridized carbons (Fsp3) is 0.412. The molecule has 114 valence electrons. The normalized spacial score (nSPS) is 22.9. The lowest BCUT2D eigenvalue weighted by Gasteiger charge is -2.32. The number of H-pyrrole nitrogens is 1. The third-order valence-electron chi connectivity index (χ3n) is 5.33. The molecule has 1 saturated heterocycles. The molecule has 1 saturated carbocycles. The molecule has 2 N–H and O–H groups in total. The maximum Gasteiger partial charge on any atom is 0.307 e. The highest BCUT2D eigenvalue weighted by Gasteiger charge is 2.59. The first-order valence-electron chi connectivity index (χ1n) is 7.68. The molecule has 1 spiro atoms. The molecule has 2 aliphatic rings. The lowest BCUT2D eigenvalue weighted by molar-refractivity contribution is -0.139. The summed E-state index contributed by atoms with van der Waals surface area (Å²) < 4.78 is 0. The Labute approximate surface area is 127 Å². The van der Waals surface area contributed by atoms with Crippen LogP contribution in [0.3, 0.4) is 0 Å². The molecule has 2 aromatic rings. The predicted octanol–water partition coefficient (Wildman–Crippen LogP) is 2.49. The number of aromatic amines is 1. The van der Waals surface area contributed by atoms with Gasteiger partial charge in [-0.3, -0.25) is 9.59 Å². The number of nitrogens with zero attached hydrogens (tertiary/aromatic N) is 1. The molecule has 1 amide bonds. The van der Waals surface area contributed by atoms with E-state index in [2.05, 4.69) is 4.98 Å². The second-order valence-electron chi connectivity index (χ2n) is 6.53. The zero-order chi connectivity index (χ0) is 15.3. The summed E-state index contributed by atoms with van der Waals surface area (Å²) in [4.78, 5) is 28.7. The van der Waals surface area contributed by atoms with Crippen molar-refractivity contribution in [2.24, 2.45) is 11.3 Å². The van der Waals surface area contributed by atoms with Gasteiger partial charge >= 0.3 is 5.97 Å². The Morgan fingerprint density at radius 3 is 2.68 bits per heavy atom. The number of likely N-dealkylation sites (tertiary alicyclic amines) is 1. The molecule has 2 heterocycles. The first-order valence-corrected chi connectivity index (χ1v) is 7.68. The summed E-state index contributed by atoms with van der Waals surface area (Å²) in [5.41, 5.74) is 1.69. The summed E-state index contributed by atoms with van der Waals surface area (Å²) in [6.45, 7) is 1.32. The van der Waals surface area contributed by atoms with Crippen LogP contribution in [0.4, 0.5) is 0 Å². The van der Waals surface area contributed by atoms with Gasteiger partial charge in [-0.15, -0.1) is 0 Å². The van der Waals surface area contributed by atoms with Crippen LogP contribution in [0.15, 0.2) is 30.5 Å². The average molecular weight is 298 g/mol. The number of carbonyl (C=O) groups is 2. The number of hydrogen-bond acceptors (Lipinski definition) is 2. The Balaban J connectivity index is 1.47. The number of benzene rings is 1. The van der Waals surface area contributed by atoms with Crippen LogP contribution in [0, 0.1) is 11.3 Å². The number of carboxylic acids is 1. The van der Waals surface area contributed by atoms with E-state index in [9.17, 15) is 9.59 Å². The minimum atomic E-state index is -0.683. The van der Waals surface area contributed by atoms with Gasteiger partial charge in [0.25, 0.3) is 5.91 Å². The van der Waals surface area contributed by atoms with Crippen molar-refractivity contribution < 1.29 is 14.7 Å². The number of hydrogen-bond donors (Lipinski definition) is 2. The van der Waals surface area contributed by atoms with Gasteiger partial charge in [0, 0.05) is 35.8 Å². The Morgan fingerprint density at radius 1 is 1.23 bits per heavy atom. The molecule has 1 unspecified atom stereocenters. The molecule has 0 radical (unpaired) electrons. The highest BCUT2D eigenvalue weighted by atomic mass is 16.4. The van der Waals surface area contributed by atoms with E-state index in [0.29, 0.717) is 18.7 Å². The topological polar surface area (TPSA) is 73.4 Å². The van der Waals surface area contributed by atoms with Crippen molar-refractivity contribution in [1.29, 1.82) is 0 Å². The first-order chi connectivity index (χ1) is 10.6. The predicted molar refractivity (Wildman–Crippen MR) is 81.6 cm³/mol. The fourth-order valence-corrected chi connectivity index (χ4v) is 3.77. The maximum absolute atomic E-state index is 12.6. The van der Waals surface area contributed by atoms with E-state index in [-0.39, 0.29) is 17.2 Å². The van der Waals surface area contributed by atoms with Gasteiger partial charge in [-0.05, 0) is 48.9 Å². The number of carbonyl (C=O) groups excluding carboxylic acids is 1. The van der Waals surface area contributed by atoms with E-state index >= 15 is 0 Å². The number of aromatic nitrogens is 1. The van der Waals surface area contributed by atoms with Crippen LogP contribution in [0.2, 0.25) is 0 Å². The molecule has 0 bridgehead atoms. The third-order valence-corrected chi connectivity index (χ3v) is 5.33. The van der Waals surface area contributed by atoms with Gasteiger partial charge in [0.15, 0.2) is 0 Å². The fourth-order valence-electron chi connectivity index (χ4n) is 3.77. The van der Waals surface area contributed by atoms with Crippen molar-refractivity contribution >= 4 is 22.8 Å². The Kier molecular flexibility index (Phi) is 2.79. The Hall–Kier alpha value is -2.30. The summed E-state index contributed by atoms with van der Waals surface area (Å²) >= 11 is 0. The molecule has 1 aliphatic heterocycles. The van der Waals surface area contributed by atoms with Crippen molar-refractivity contribution in [3.63, 3.8) is 0 Å². The van der Waals surface area contributed by atoms with E-state index < -0.39 is 5.97 Å². The van der Waals surface area contributed by atoms with Gasteiger partial charge < -0.3 is 15.0 Å². The summed E-state index contributed by atoms with van der Waals surface area (Å²) in [7, 11) is 0. The van der Waals surface area contributed by atoms with E-state index in [4.69, 9.17) is 5.11 Å². The van der Waals surface area contributed by atoms with Crippen LogP contribution in [0.1, 0.15) is 29.6 Å². The van der Waals surface area contributed by atoms with Gasteiger partial charge in [0.05, 0.1) is 5.92 Å². The lowest BCUT2D eigenvalue weighted by atomic mass is 9.90. The van der Waals surface area contributed by atoms with Crippen LogP contribution in [0.5, 0.6) is 0 Å². The Bertz CT molecular complexity index is 756. The van der Waals surface area contributed by atoms with Crippen LogP contribution < -0.4 is 0 Å². The van der Waals surface area contributed by atoms with Crippen LogP contribution in [-0.4, -0.2) is 40.0 Å². The zero-order valence-corrected chi connectivity index (χ0v) is 12.2. The molecule has 2 fully saturated rings. The first kappa shape index (κ1) is 13.4. The van der Waals surface area contributed by atoms with Crippen molar-refractivity contribution in [3.8, 4) is 0 Å². The van der Waals surface area contributed by atoms with Crippen LogP contribution >= 0.6 is 0 Å². The summed E-state index contributed by atoms with van der Waals surface area (Å²) in [5, 5.41) is 10.2. The van der Waals surface area contributed by atoms with Gasteiger partial charge in [-0.1, -0.05) is 0 Å². The van der Waals surface area contributed by atoms with Crippen LogP contribution in [0.25, 0.3) is 10.9 Å². The Morgan fingerprint density at radius 2 is 2.00 bits per heavy atom. The quantitative estimate of drug-likeness (QED) is 0.894. The van der Waals surface area contributed by atoms with E-state index in [0.717, 1.165) is 30.2 Å². The number of nitrogens with one attached hydrogen (secondary N) is 1. The smallest absolute Gasteiger partial charge is 0.307 e. The monoisotopic (exact) mass is 298 g/mol. The zero-order valence-electron chi connectivity index (χ0n) is 12.2. The van der Waals surface area contributed by atoms with Gasteiger partial charge in [-0.2, -0.15) is 0 Å². The second kappa shape index (κ2) is 4.60. The second-order valence-corrected chi connectivity index (χ2v) is 6.53. The molecule has 1 aromatic carbocycles. The minimum Gasteiger partial charge on any atom is -0.481 e. The van der Waals surface area contributed by atoms with Gasteiger partial charge in [-0.25, -0.2) is 0 Å². The summed E-state index contributed by atoms with van der Waals surface area (Å²) in [5.74, 6) is -0.830. The van der Waals surface area contributed by atoms with Gasteiger partial charge in [0.1, 0.15) is 0 Å². The van der Waals surface area contributed by atoms with Crippen LogP contribution in [-0.2, 0) is 4.79 Å². The molecule has 1 atom stereocenters. The number of fused-ring (bicyclic) bond motifs is 1. The van der Waals surface area contributed by atoms with Gasteiger partial charge in [0.2, 0.25) is 0 Å². The number of piperidine rings is 1. The highest BCUT2D eigenvalue weighted by molar-refractivity contribution is 5.98.